The smallest absolute Gasteiger partial charge is 0.337 e. The first kappa shape index (κ1) is 26.6. The summed E-state index contributed by atoms with van der Waals surface area (Å²) in [6.07, 6.45) is 3.22. The molecule has 216 valence electrons. The first-order valence-electron chi connectivity index (χ1n) is 14.5. The molecule has 2 aromatic carbocycles. The van der Waals surface area contributed by atoms with Crippen molar-refractivity contribution in [2.75, 3.05) is 26.8 Å². The van der Waals surface area contributed by atoms with Crippen molar-refractivity contribution in [3.05, 3.63) is 83.4 Å². The molecule has 5 heterocycles. The third kappa shape index (κ3) is 5.35. The third-order valence-corrected chi connectivity index (χ3v) is 8.35. The van der Waals surface area contributed by atoms with Crippen LogP contribution in [0.1, 0.15) is 52.8 Å². The highest BCUT2D eigenvalue weighted by molar-refractivity contribution is 5.93. The number of carbonyl (C=O) groups is 1. The van der Waals surface area contributed by atoms with E-state index in [1.165, 1.54) is 7.11 Å². The van der Waals surface area contributed by atoms with E-state index in [2.05, 4.69) is 20.7 Å². The Morgan fingerprint density at radius 3 is 2.69 bits per heavy atom. The minimum Gasteiger partial charge on any atom is -0.471 e. The van der Waals surface area contributed by atoms with Crippen molar-refractivity contribution < 1.29 is 23.5 Å². The molecule has 0 spiro atoms. The molecule has 0 N–H and O–H groups in total. The van der Waals surface area contributed by atoms with Gasteiger partial charge in [-0.15, -0.1) is 0 Å². The van der Waals surface area contributed by atoms with E-state index in [0.29, 0.717) is 24.0 Å². The van der Waals surface area contributed by atoms with Crippen molar-refractivity contribution in [1.82, 2.24) is 24.6 Å². The molecular weight excluding hydrogens is 534 g/mol. The molecule has 7 rings (SSSR count). The number of piperidine rings is 1. The number of para-hydroxylation sites is 1. The van der Waals surface area contributed by atoms with Crippen molar-refractivity contribution in [2.24, 2.45) is 0 Å². The van der Waals surface area contributed by atoms with Gasteiger partial charge in [0.1, 0.15) is 18.1 Å². The van der Waals surface area contributed by atoms with E-state index in [0.717, 1.165) is 91.3 Å². The summed E-state index contributed by atoms with van der Waals surface area (Å²) in [7, 11) is 1.40. The maximum atomic E-state index is 12.2. The molecule has 3 aromatic heterocycles. The van der Waals surface area contributed by atoms with Crippen LogP contribution in [0.4, 0.5) is 0 Å². The van der Waals surface area contributed by atoms with Crippen LogP contribution in [0.2, 0.25) is 0 Å². The van der Waals surface area contributed by atoms with Crippen LogP contribution in [0.5, 0.6) is 5.88 Å². The number of imidazole rings is 1. The normalized spacial score (nSPS) is 17.9. The maximum Gasteiger partial charge on any atom is 0.337 e. The molecule has 5 aromatic rings. The van der Waals surface area contributed by atoms with E-state index in [4.69, 9.17) is 28.7 Å². The molecule has 0 bridgehead atoms. The second-order valence-corrected chi connectivity index (χ2v) is 11.0. The molecule has 0 saturated carbocycles. The maximum absolute atomic E-state index is 12.2. The van der Waals surface area contributed by atoms with E-state index in [1.807, 2.05) is 48.5 Å². The van der Waals surface area contributed by atoms with Crippen LogP contribution in [-0.4, -0.2) is 63.5 Å². The highest BCUT2D eigenvalue weighted by atomic mass is 16.5. The summed E-state index contributed by atoms with van der Waals surface area (Å²) >= 11 is 0. The molecule has 0 amide bonds. The van der Waals surface area contributed by atoms with Crippen molar-refractivity contribution in [2.45, 2.75) is 51.0 Å². The number of nitrogens with zero attached hydrogens (tertiary/aromatic N) is 5. The summed E-state index contributed by atoms with van der Waals surface area (Å²) in [5.41, 5.74) is 4.93. The van der Waals surface area contributed by atoms with Crippen LogP contribution in [0.3, 0.4) is 0 Å². The Hall–Kier alpha value is -4.28. The molecule has 10 nitrogen and oxygen atoms in total. The number of fused-ring (bicyclic) bond motifs is 2. The van der Waals surface area contributed by atoms with E-state index in [-0.39, 0.29) is 12.1 Å². The van der Waals surface area contributed by atoms with Gasteiger partial charge in [-0.3, -0.25) is 4.90 Å². The van der Waals surface area contributed by atoms with E-state index in [1.54, 1.807) is 6.07 Å². The van der Waals surface area contributed by atoms with Crippen LogP contribution in [-0.2, 0) is 29.2 Å². The lowest BCUT2D eigenvalue weighted by Gasteiger charge is -2.32. The molecule has 2 aliphatic heterocycles. The number of benzene rings is 2. The molecular formula is C32H33N5O5. The number of hydrogen-bond acceptors (Lipinski definition) is 9. The summed E-state index contributed by atoms with van der Waals surface area (Å²) in [5, 5.41) is 5.11. The quantitative estimate of drug-likeness (QED) is 0.225. The SMILES string of the molecule is COC(=O)c1ccc2nc(CN3CCC(c4cccc(OCc5noc6ccccc56)n4)CC3)n(C[C@@H]3CCO3)c2c1. The number of methoxy groups -OCH3 is 1. The van der Waals surface area contributed by atoms with E-state index >= 15 is 0 Å². The van der Waals surface area contributed by atoms with Crippen molar-refractivity contribution in [3.8, 4) is 5.88 Å². The predicted molar refractivity (Wildman–Crippen MR) is 155 cm³/mol. The van der Waals surface area contributed by atoms with Gasteiger partial charge in [0.2, 0.25) is 5.88 Å². The van der Waals surface area contributed by atoms with Crippen LogP contribution < -0.4 is 4.74 Å². The van der Waals surface area contributed by atoms with Gasteiger partial charge in [-0.05, 0) is 68.8 Å². The van der Waals surface area contributed by atoms with Crippen molar-refractivity contribution >= 4 is 28.0 Å². The van der Waals surface area contributed by atoms with Crippen molar-refractivity contribution in [1.29, 1.82) is 0 Å². The van der Waals surface area contributed by atoms with Crippen LogP contribution >= 0.6 is 0 Å². The number of hydrogen-bond donors (Lipinski definition) is 0. The first-order valence-corrected chi connectivity index (χ1v) is 14.5. The Bertz CT molecular complexity index is 1720. The van der Waals surface area contributed by atoms with Gasteiger partial charge >= 0.3 is 5.97 Å². The van der Waals surface area contributed by atoms with Crippen LogP contribution in [0, 0.1) is 0 Å². The third-order valence-electron chi connectivity index (χ3n) is 8.35. The Kier molecular flexibility index (Phi) is 7.31. The second kappa shape index (κ2) is 11.5. The van der Waals surface area contributed by atoms with Crippen LogP contribution in [0.15, 0.2) is 65.2 Å². The monoisotopic (exact) mass is 567 g/mol. The fourth-order valence-corrected chi connectivity index (χ4v) is 5.88. The molecule has 2 fully saturated rings. The zero-order valence-corrected chi connectivity index (χ0v) is 23.6. The van der Waals surface area contributed by atoms with Crippen LogP contribution in [0.25, 0.3) is 22.0 Å². The van der Waals surface area contributed by atoms with Gasteiger partial charge in [0, 0.05) is 29.7 Å². The largest absolute Gasteiger partial charge is 0.471 e. The average molecular weight is 568 g/mol. The lowest BCUT2D eigenvalue weighted by atomic mass is 9.93. The number of carbonyl (C=O) groups excluding carboxylic acids is 1. The number of pyridine rings is 1. The number of rotatable bonds is 9. The Balaban J connectivity index is 1.01. The van der Waals surface area contributed by atoms with Crippen molar-refractivity contribution in [3.63, 3.8) is 0 Å². The fourth-order valence-electron chi connectivity index (χ4n) is 5.88. The summed E-state index contributed by atoms with van der Waals surface area (Å²) in [5.74, 6) is 1.61. The summed E-state index contributed by atoms with van der Waals surface area (Å²) in [6, 6.07) is 19.3. The molecule has 42 heavy (non-hydrogen) atoms. The molecule has 1 atom stereocenters. The van der Waals surface area contributed by atoms with Gasteiger partial charge in [-0.2, -0.15) is 0 Å². The van der Waals surface area contributed by atoms with E-state index < -0.39 is 0 Å². The number of aromatic nitrogens is 4. The summed E-state index contributed by atoms with van der Waals surface area (Å²) in [4.78, 5) is 24.4. The average Bonchev–Trinajstić information content (AvgIpc) is 3.58. The number of esters is 1. The molecule has 2 aliphatic rings. The van der Waals surface area contributed by atoms with Gasteiger partial charge in [-0.25, -0.2) is 14.8 Å². The van der Waals surface area contributed by atoms with Gasteiger partial charge < -0.3 is 23.3 Å². The highest BCUT2D eigenvalue weighted by Crippen LogP contribution is 2.30. The predicted octanol–water partition coefficient (Wildman–Crippen LogP) is 5.11. The molecule has 0 aliphatic carbocycles. The molecule has 0 radical (unpaired) electrons. The lowest BCUT2D eigenvalue weighted by Crippen LogP contribution is -2.35. The van der Waals surface area contributed by atoms with Gasteiger partial charge in [0.25, 0.3) is 0 Å². The van der Waals surface area contributed by atoms with E-state index in [9.17, 15) is 4.79 Å². The Labute approximate surface area is 243 Å². The fraction of sp³-hybridized carbons (Fsp3) is 0.375. The zero-order valence-electron chi connectivity index (χ0n) is 23.6. The first-order chi connectivity index (χ1) is 20.6. The topological polar surface area (TPSA) is 105 Å². The molecule has 2 saturated heterocycles. The van der Waals surface area contributed by atoms with Gasteiger partial charge in [0.05, 0.1) is 42.9 Å². The minimum atomic E-state index is -0.345. The Morgan fingerprint density at radius 1 is 1.02 bits per heavy atom. The summed E-state index contributed by atoms with van der Waals surface area (Å²) < 4.78 is 24.3. The second-order valence-electron chi connectivity index (χ2n) is 11.0. The summed E-state index contributed by atoms with van der Waals surface area (Å²) in [6.45, 7) is 4.46. The molecule has 0 unspecified atom stereocenters. The number of ether oxygens (including phenoxy) is 3. The number of likely N-dealkylation sites (tertiary alicyclic amines) is 1. The standard InChI is InChI=1S/C32H33N5O5/c1-39-32(38)22-9-10-26-28(17-22)37(18-23-13-16-40-23)30(33-26)19-36-14-11-21(12-15-36)25-6-4-8-31(34-25)41-20-27-24-5-2-3-7-29(24)42-35-27/h2-10,17,21,23H,11-16,18-20H2,1H3/t23-/m0/s1. The molecule has 10 heteroatoms. The minimum absolute atomic E-state index is 0.178. The van der Waals surface area contributed by atoms with Gasteiger partial charge in [0.15, 0.2) is 5.58 Å². The zero-order chi connectivity index (χ0) is 28.5. The van der Waals surface area contributed by atoms with Gasteiger partial charge in [-0.1, -0.05) is 23.4 Å². The Morgan fingerprint density at radius 2 is 1.88 bits per heavy atom. The highest BCUT2D eigenvalue weighted by Gasteiger charge is 2.26. The lowest BCUT2D eigenvalue weighted by molar-refractivity contribution is -0.0592.